The molecule has 5 nitrogen and oxygen atoms in total. The van der Waals surface area contributed by atoms with E-state index >= 15 is 0 Å². The summed E-state index contributed by atoms with van der Waals surface area (Å²) >= 11 is 0. The van der Waals surface area contributed by atoms with E-state index in [0.717, 1.165) is 17.1 Å². The molecule has 1 amide bonds. The maximum Gasteiger partial charge on any atom is 0.269 e. The second-order valence-corrected chi connectivity index (χ2v) is 5.39. The molecule has 0 saturated carbocycles. The minimum absolute atomic E-state index is 0.164. The maximum atomic E-state index is 12.0. The standard InChI is InChI=1S/C17H21N3O2/c1-12(2)11-19-17(21)16-10-14(7-8-18-16)20-13-5-4-6-15(9-13)22-3/h4-10,12H,11H2,1-3H3,(H,18,20)(H,19,21). The van der Waals surface area contributed by atoms with Crippen LogP contribution in [0.1, 0.15) is 24.3 Å². The number of anilines is 2. The first-order valence-electron chi connectivity index (χ1n) is 7.24. The number of methoxy groups -OCH3 is 1. The van der Waals surface area contributed by atoms with Crippen LogP contribution in [0.3, 0.4) is 0 Å². The summed E-state index contributed by atoms with van der Waals surface area (Å²) in [5.41, 5.74) is 2.09. The Bertz CT molecular complexity index is 641. The van der Waals surface area contributed by atoms with Crippen LogP contribution in [0.5, 0.6) is 5.75 Å². The molecular formula is C17H21N3O2. The first-order chi connectivity index (χ1) is 10.6. The van der Waals surface area contributed by atoms with Crippen LogP contribution < -0.4 is 15.4 Å². The van der Waals surface area contributed by atoms with Gasteiger partial charge in [-0.2, -0.15) is 0 Å². The van der Waals surface area contributed by atoms with Crippen LogP contribution >= 0.6 is 0 Å². The number of hydrogen-bond acceptors (Lipinski definition) is 4. The first kappa shape index (κ1) is 15.8. The zero-order chi connectivity index (χ0) is 15.9. The third kappa shape index (κ3) is 4.48. The van der Waals surface area contributed by atoms with Gasteiger partial charge in [-0.05, 0) is 30.2 Å². The van der Waals surface area contributed by atoms with Gasteiger partial charge in [0.25, 0.3) is 5.91 Å². The van der Waals surface area contributed by atoms with Gasteiger partial charge in [0.1, 0.15) is 11.4 Å². The van der Waals surface area contributed by atoms with Crippen molar-refractivity contribution in [3.8, 4) is 5.75 Å². The zero-order valence-corrected chi connectivity index (χ0v) is 13.1. The molecule has 2 aromatic rings. The van der Waals surface area contributed by atoms with Crippen LogP contribution in [0.4, 0.5) is 11.4 Å². The van der Waals surface area contributed by atoms with Gasteiger partial charge >= 0.3 is 0 Å². The van der Waals surface area contributed by atoms with Crippen molar-refractivity contribution in [2.24, 2.45) is 5.92 Å². The largest absolute Gasteiger partial charge is 0.497 e. The minimum Gasteiger partial charge on any atom is -0.497 e. The predicted molar refractivity (Wildman–Crippen MR) is 87.7 cm³/mol. The summed E-state index contributed by atoms with van der Waals surface area (Å²) in [6.07, 6.45) is 1.62. The van der Waals surface area contributed by atoms with E-state index in [1.165, 1.54) is 0 Å². The van der Waals surface area contributed by atoms with Gasteiger partial charge in [-0.1, -0.05) is 19.9 Å². The van der Waals surface area contributed by atoms with Gasteiger partial charge in [0.05, 0.1) is 7.11 Å². The van der Waals surface area contributed by atoms with Crippen molar-refractivity contribution in [1.29, 1.82) is 0 Å². The van der Waals surface area contributed by atoms with Crippen LogP contribution in [0.15, 0.2) is 42.6 Å². The molecule has 0 aliphatic rings. The van der Waals surface area contributed by atoms with Crippen molar-refractivity contribution < 1.29 is 9.53 Å². The number of carbonyl (C=O) groups is 1. The molecule has 2 N–H and O–H groups in total. The van der Waals surface area contributed by atoms with E-state index in [-0.39, 0.29) is 5.91 Å². The molecule has 0 aliphatic heterocycles. The summed E-state index contributed by atoms with van der Waals surface area (Å²) in [5.74, 6) is 1.01. The molecule has 1 aromatic carbocycles. The number of nitrogens with zero attached hydrogens (tertiary/aromatic N) is 1. The van der Waals surface area contributed by atoms with Gasteiger partial charge in [0, 0.05) is 30.2 Å². The van der Waals surface area contributed by atoms with Crippen LogP contribution in [-0.2, 0) is 0 Å². The lowest BCUT2D eigenvalue weighted by Crippen LogP contribution is -2.28. The topological polar surface area (TPSA) is 63.2 Å². The first-order valence-corrected chi connectivity index (χ1v) is 7.24. The number of pyridine rings is 1. The minimum atomic E-state index is -0.164. The highest BCUT2D eigenvalue weighted by atomic mass is 16.5. The molecular weight excluding hydrogens is 278 g/mol. The number of benzene rings is 1. The van der Waals surface area contributed by atoms with E-state index in [2.05, 4.69) is 29.5 Å². The molecule has 0 unspecified atom stereocenters. The Morgan fingerprint density at radius 2 is 2.00 bits per heavy atom. The monoisotopic (exact) mass is 299 g/mol. The number of aromatic nitrogens is 1. The lowest BCUT2D eigenvalue weighted by molar-refractivity contribution is 0.0944. The van der Waals surface area contributed by atoms with Gasteiger partial charge in [-0.15, -0.1) is 0 Å². The van der Waals surface area contributed by atoms with Crippen molar-refractivity contribution in [2.75, 3.05) is 19.0 Å². The molecule has 0 spiro atoms. The second kappa shape index (κ2) is 7.45. The molecule has 0 radical (unpaired) electrons. The molecule has 22 heavy (non-hydrogen) atoms. The summed E-state index contributed by atoms with van der Waals surface area (Å²) in [4.78, 5) is 16.1. The Labute approximate surface area is 130 Å². The number of rotatable bonds is 6. The highest BCUT2D eigenvalue weighted by molar-refractivity contribution is 5.93. The molecule has 0 atom stereocenters. The average molecular weight is 299 g/mol. The summed E-state index contributed by atoms with van der Waals surface area (Å²) in [5, 5.41) is 6.10. The molecule has 1 aromatic heterocycles. The number of hydrogen-bond donors (Lipinski definition) is 2. The molecule has 0 bridgehead atoms. The lowest BCUT2D eigenvalue weighted by Gasteiger charge is -2.10. The molecule has 5 heteroatoms. The number of ether oxygens (including phenoxy) is 1. The highest BCUT2D eigenvalue weighted by Crippen LogP contribution is 2.21. The van der Waals surface area contributed by atoms with Crippen molar-refractivity contribution in [2.45, 2.75) is 13.8 Å². The fourth-order valence-electron chi connectivity index (χ4n) is 1.89. The van der Waals surface area contributed by atoms with Gasteiger partial charge in [-0.25, -0.2) is 0 Å². The van der Waals surface area contributed by atoms with E-state index < -0.39 is 0 Å². The van der Waals surface area contributed by atoms with Crippen molar-refractivity contribution in [1.82, 2.24) is 10.3 Å². The van der Waals surface area contributed by atoms with E-state index in [0.29, 0.717) is 18.2 Å². The molecule has 0 fully saturated rings. The van der Waals surface area contributed by atoms with E-state index in [1.807, 2.05) is 30.3 Å². The predicted octanol–water partition coefficient (Wildman–Crippen LogP) is 3.22. The van der Waals surface area contributed by atoms with Gasteiger partial charge < -0.3 is 15.4 Å². The summed E-state index contributed by atoms with van der Waals surface area (Å²) in [6.45, 7) is 4.73. The van der Waals surface area contributed by atoms with Crippen molar-refractivity contribution >= 4 is 17.3 Å². The van der Waals surface area contributed by atoms with Crippen LogP contribution in [0.2, 0.25) is 0 Å². The normalized spacial score (nSPS) is 10.4. The Morgan fingerprint density at radius 3 is 2.73 bits per heavy atom. The molecule has 2 rings (SSSR count). The third-order valence-corrected chi connectivity index (χ3v) is 3.02. The Hall–Kier alpha value is -2.56. The number of carbonyl (C=O) groups excluding carboxylic acids is 1. The van der Waals surface area contributed by atoms with Crippen molar-refractivity contribution in [3.63, 3.8) is 0 Å². The number of nitrogens with one attached hydrogen (secondary N) is 2. The average Bonchev–Trinajstić information content (AvgIpc) is 2.53. The quantitative estimate of drug-likeness (QED) is 0.859. The summed E-state index contributed by atoms with van der Waals surface area (Å²) in [7, 11) is 1.63. The Kier molecular flexibility index (Phi) is 5.36. The highest BCUT2D eigenvalue weighted by Gasteiger charge is 2.08. The van der Waals surface area contributed by atoms with Crippen molar-refractivity contribution in [3.05, 3.63) is 48.3 Å². The molecule has 0 saturated heterocycles. The fourth-order valence-corrected chi connectivity index (χ4v) is 1.89. The van der Waals surface area contributed by atoms with Crippen LogP contribution in [0, 0.1) is 5.92 Å². The van der Waals surface area contributed by atoms with Gasteiger partial charge in [0.2, 0.25) is 0 Å². The van der Waals surface area contributed by atoms with E-state index in [1.54, 1.807) is 19.4 Å². The van der Waals surface area contributed by atoms with Crippen LogP contribution in [0.25, 0.3) is 0 Å². The van der Waals surface area contributed by atoms with E-state index in [4.69, 9.17) is 4.74 Å². The smallest absolute Gasteiger partial charge is 0.269 e. The lowest BCUT2D eigenvalue weighted by atomic mass is 10.2. The van der Waals surface area contributed by atoms with E-state index in [9.17, 15) is 4.79 Å². The van der Waals surface area contributed by atoms with Crippen LogP contribution in [-0.4, -0.2) is 24.5 Å². The van der Waals surface area contributed by atoms with Gasteiger partial charge in [0.15, 0.2) is 0 Å². The third-order valence-electron chi connectivity index (χ3n) is 3.02. The second-order valence-electron chi connectivity index (χ2n) is 5.39. The number of amides is 1. The zero-order valence-electron chi connectivity index (χ0n) is 13.1. The Morgan fingerprint density at radius 1 is 1.23 bits per heavy atom. The molecule has 116 valence electrons. The molecule has 1 heterocycles. The fraction of sp³-hybridized carbons (Fsp3) is 0.294. The molecule has 0 aliphatic carbocycles. The summed E-state index contributed by atoms with van der Waals surface area (Å²) < 4.78 is 5.19. The maximum absolute atomic E-state index is 12.0. The van der Waals surface area contributed by atoms with Gasteiger partial charge in [-0.3, -0.25) is 9.78 Å². The SMILES string of the molecule is COc1cccc(Nc2ccnc(C(=O)NCC(C)C)c2)c1. The summed E-state index contributed by atoms with van der Waals surface area (Å²) in [6, 6.07) is 11.1. The Balaban J connectivity index is 2.09.